The van der Waals surface area contributed by atoms with Crippen molar-refractivity contribution in [3.63, 3.8) is 0 Å². The van der Waals surface area contributed by atoms with E-state index in [0.29, 0.717) is 19.2 Å². The molecule has 0 saturated heterocycles. The second kappa shape index (κ2) is 8.59. The molecule has 0 radical (unpaired) electrons. The summed E-state index contributed by atoms with van der Waals surface area (Å²) in [5.41, 5.74) is 2.36. The van der Waals surface area contributed by atoms with Gasteiger partial charge in [0.2, 0.25) is 0 Å². The van der Waals surface area contributed by atoms with Crippen molar-refractivity contribution >= 4 is 17.3 Å². The molecule has 4 nitrogen and oxygen atoms in total. The molecular weight excluding hydrogens is 288 g/mol. The van der Waals surface area contributed by atoms with E-state index in [9.17, 15) is 5.11 Å². The Bertz CT molecular complexity index is 438. The molecule has 1 aromatic rings. The molecular formula is C16H25ClN2O2. The lowest BCUT2D eigenvalue weighted by molar-refractivity contribution is 0.199. The molecule has 21 heavy (non-hydrogen) atoms. The molecule has 1 fully saturated rings. The van der Waals surface area contributed by atoms with Crippen LogP contribution in [-0.2, 0) is 11.3 Å². The predicted octanol–water partition coefficient (Wildman–Crippen LogP) is 2.43. The number of hydrogen-bond acceptors (Lipinski definition) is 4. The number of ether oxygens (including phenoxy) is 1. The first-order chi connectivity index (χ1) is 10.3. The van der Waals surface area contributed by atoms with Gasteiger partial charge >= 0.3 is 0 Å². The van der Waals surface area contributed by atoms with Crippen LogP contribution < -0.4 is 10.2 Å². The van der Waals surface area contributed by atoms with E-state index in [1.165, 1.54) is 24.8 Å². The van der Waals surface area contributed by atoms with Crippen LogP contribution in [0.1, 0.15) is 24.8 Å². The number of halogens is 1. The molecule has 1 aromatic carbocycles. The van der Waals surface area contributed by atoms with E-state index in [1.807, 2.05) is 12.1 Å². The van der Waals surface area contributed by atoms with E-state index in [0.717, 1.165) is 23.8 Å². The SMILES string of the molecule is COCCNCc1ccc(Cl)cc1N(CCO)C1CCC1. The summed E-state index contributed by atoms with van der Waals surface area (Å²) in [6.07, 6.45) is 3.67. The first-order valence-electron chi connectivity index (χ1n) is 7.62. The normalized spacial score (nSPS) is 15.0. The Balaban J connectivity index is 2.11. The van der Waals surface area contributed by atoms with E-state index in [-0.39, 0.29) is 6.61 Å². The Labute approximate surface area is 132 Å². The maximum absolute atomic E-state index is 9.37. The van der Waals surface area contributed by atoms with E-state index >= 15 is 0 Å². The molecule has 2 rings (SSSR count). The fourth-order valence-electron chi connectivity index (χ4n) is 2.66. The third-order valence-corrected chi connectivity index (χ3v) is 4.25. The van der Waals surface area contributed by atoms with Gasteiger partial charge in [-0.05, 0) is 37.0 Å². The van der Waals surface area contributed by atoms with Gasteiger partial charge in [0.15, 0.2) is 0 Å². The van der Waals surface area contributed by atoms with Crippen molar-refractivity contribution in [3.05, 3.63) is 28.8 Å². The number of nitrogens with one attached hydrogen (secondary N) is 1. The number of aliphatic hydroxyl groups is 1. The van der Waals surface area contributed by atoms with E-state index in [1.54, 1.807) is 7.11 Å². The van der Waals surface area contributed by atoms with Gasteiger partial charge < -0.3 is 20.1 Å². The Morgan fingerprint density at radius 1 is 1.43 bits per heavy atom. The number of rotatable bonds is 9. The van der Waals surface area contributed by atoms with Crippen molar-refractivity contribution in [1.29, 1.82) is 0 Å². The second-order valence-electron chi connectivity index (χ2n) is 5.44. The molecule has 1 aliphatic carbocycles. The average molecular weight is 313 g/mol. The van der Waals surface area contributed by atoms with Crippen LogP contribution in [0.15, 0.2) is 18.2 Å². The molecule has 0 amide bonds. The van der Waals surface area contributed by atoms with Crippen LogP contribution >= 0.6 is 11.6 Å². The zero-order valence-electron chi connectivity index (χ0n) is 12.6. The smallest absolute Gasteiger partial charge is 0.0606 e. The van der Waals surface area contributed by atoms with Crippen LogP contribution in [0, 0.1) is 0 Å². The Kier molecular flexibility index (Phi) is 6.77. The Morgan fingerprint density at radius 2 is 2.24 bits per heavy atom. The third kappa shape index (κ3) is 4.58. The largest absolute Gasteiger partial charge is 0.395 e. The van der Waals surface area contributed by atoms with Gasteiger partial charge in [-0.25, -0.2) is 0 Å². The Hall–Kier alpha value is -0.810. The molecule has 0 aliphatic heterocycles. The van der Waals surface area contributed by atoms with Crippen LogP contribution in [0.2, 0.25) is 5.02 Å². The summed E-state index contributed by atoms with van der Waals surface area (Å²) in [6, 6.07) is 6.55. The summed E-state index contributed by atoms with van der Waals surface area (Å²) < 4.78 is 5.05. The zero-order valence-corrected chi connectivity index (χ0v) is 13.4. The fraction of sp³-hybridized carbons (Fsp3) is 0.625. The third-order valence-electron chi connectivity index (χ3n) is 4.01. The summed E-state index contributed by atoms with van der Waals surface area (Å²) in [4.78, 5) is 2.31. The first kappa shape index (κ1) is 16.6. The number of methoxy groups -OCH3 is 1. The lowest BCUT2D eigenvalue weighted by atomic mass is 9.90. The molecule has 5 heteroatoms. The molecule has 0 bridgehead atoms. The summed E-state index contributed by atoms with van der Waals surface area (Å²) >= 11 is 6.18. The van der Waals surface area contributed by atoms with Crippen molar-refractivity contribution in [3.8, 4) is 0 Å². The highest BCUT2D eigenvalue weighted by molar-refractivity contribution is 6.30. The first-order valence-corrected chi connectivity index (χ1v) is 7.99. The van der Waals surface area contributed by atoms with Gasteiger partial charge in [0.05, 0.1) is 13.2 Å². The summed E-state index contributed by atoms with van der Waals surface area (Å²) in [5, 5.41) is 13.5. The highest BCUT2D eigenvalue weighted by Crippen LogP contribution is 2.33. The van der Waals surface area contributed by atoms with Crippen molar-refractivity contribution in [2.75, 3.05) is 38.3 Å². The molecule has 0 heterocycles. The van der Waals surface area contributed by atoms with Crippen LogP contribution in [0.4, 0.5) is 5.69 Å². The standard InChI is InChI=1S/C16H25ClN2O2/c1-21-10-7-18-12-13-5-6-14(17)11-16(13)19(8-9-20)15-3-2-4-15/h5-6,11,15,18,20H,2-4,7-10,12H2,1H3. The fourth-order valence-corrected chi connectivity index (χ4v) is 2.82. The highest BCUT2D eigenvalue weighted by Gasteiger charge is 2.26. The maximum Gasteiger partial charge on any atom is 0.0606 e. The lowest BCUT2D eigenvalue weighted by Crippen LogP contribution is -2.42. The van der Waals surface area contributed by atoms with Gasteiger partial charge in [-0.15, -0.1) is 0 Å². The van der Waals surface area contributed by atoms with Crippen molar-refractivity contribution in [2.45, 2.75) is 31.8 Å². The zero-order chi connectivity index (χ0) is 15.1. The van der Waals surface area contributed by atoms with E-state index < -0.39 is 0 Å². The van der Waals surface area contributed by atoms with E-state index in [4.69, 9.17) is 16.3 Å². The van der Waals surface area contributed by atoms with Crippen LogP contribution in [0.3, 0.4) is 0 Å². The monoisotopic (exact) mass is 312 g/mol. The molecule has 0 spiro atoms. The molecule has 0 unspecified atom stereocenters. The quantitative estimate of drug-likeness (QED) is 0.687. The van der Waals surface area contributed by atoms with Crippen LogP contribution in [0.25, 0.3) is 0 Å². The van der Waals surface area contributed by atoms with Crippen LogP contribution in [-0.4, -0.2) is 44.6 Å². The molecule has 1 aliphatic rings. The number of benzene rings is 1. The van der Waals surface area contributed by atoms with Gasteiger partial charge in [0.25, 0.3) is 0 Å². The van der Waals surface area contributed by atoms with Gasteiger partial charge in [-0.2, -0.15) is 0 Å². The van der Waals surface area contributed by atoms with Crippen molar-refractivity contribution in [2.24, 2.45) is 0 Å². The summed E-state index contributed by atoms with van der Waals surface area (Å²) in [5.74, 6) is 0. The predicted molar refractivity (Wildman–Crippen MR) is 87.1 cm³/mol. The van der Waals surface area contributed by atoms with Crippen molar-refractivity contribution in [1.82, 2.24) is 5.32 Å². The molecule has 0 atom stereocenters. The maximum atomic E-state index is 9.37. The highest BCUT2D eigenvalue weighted by atomic mass is 35.5. The minimum atomic E-state index is 0.166. The number of hydrogen-bond donors (Lipinski definition) is 2. The number of nitrogens with zero attached hydrogens (tertiary/aromatic N) is 1. The van der Waals surface area contributed by atoms with Gasteiger partial charge in [0, 0.05) is 43.5 Å². The van der Waals surface area contributed by atoms with Crippen LogP contribution in [0.5, 0.6) is 0 Å². The average Bonchev–Trinajstić information content (AvgIpc) is 2.42. The summed E-state index contributed by atoms with van der Waals surface area (Å²) in [6.45, 7) is 3.13. The van der Waals surface area contributed by atoms with Gasteiger partial charge in [-0.3, -0.25) is 0 Å². The number of aliphatic hydroxyl groups excluding tert-OH is 1. The van der Waals surface area contributed by atoms with E-state index in [2.05, 4.69) is 16.3 Å². The minimum absolute atomic E-state index is 0.166. The lowest BCUT2D eigenvalue weighted by Gasteiger charge is -2.40. The van der Waals surface area contributed by atoms with Gasteiger partial charge in [-0.1, -0.05) is 17.7 Å². The molecule has 0 aromatic heterocycles. The molecule has 118 valence electrons. The second-order valence-corrected chi connectivity index (χ2v) is 5.88. The molecule has 1 saturated carbocycles. The minimum Gasteiger partial charge on any atom is -0.395 e. The Morgan fingerprint density at radius 3 is 2.86 bits per heavy atom. The summed E-state index contributed by atoms with van der Waals surface area (Å²) in [7, 11) is 1.70. The molecule has 2 N–H and O–H groups in total. The van der Waals surface area contributed by atoms with Crippen molar-refractivity contribution < 1.29 is 9.84 Å². The topological polar surface area (TPSA) is 44.7 Å². The number of anilines is 1. The van der Waals surface area contributed by atoms with Gasteiger partial charge in [0.1, 0.15) is 0 Å².